The summed E-state index contributed by atoms with van der Waals surface area (Å²) < 4.78 is 16.6. The molecule has 14 heavy (non-hydrogen) atoms. The van der Waals surface area contributed by atoms with E-state index in [9.17, 15) is 0 Å². The molecule has 0 aromatic heterocycles. The summed E-state index contributed by atoms with van der Waals surface area (Å²) >= 11 is 0. The third kappa shape index (κ3) is 2.00. The topological polar surface area (TPSA) is 31.0 Å². The average molecular weight is 198 g/mol. The second-order valence-corrected chi connectivity index (χ2v) is 3.71. The summed E-state index contributed by atoms with van der Waals surface area (Å²) in [5.41, 5.74) is 0. The van der Waals surface area contributed by atoms with Gasteiger partial charge in [0.05, 0.1) is 6.10 Å². The van der Waals surface area contributed by atoms with Crippen LogP contribution in [0.15, 0.2) is 12.2 Å². The molecule has 0 radical (unpaired) electrons. The first-order chi connectivity index (χ1) is 6.86. The van der Waals surface area contributed by atoms with Crippen molar-refractivity contribution in [2.45, 2.75) is 51.3 Å². The Morgan fingerprint density at radius 2 is 2.14 bits per heavy atom. The normalized spacial score (nSPS) is 40.4. The Kier molecular flexibility index (Phi) is 3.21. The van der Waals surface area contributed by atoms with E-state index in [-0.39, 0.29) is 18.5 Å². The van der Waals surface area contributed by atoms with E-state index in [1.54, 1.807) is 0 Å². The van der Waals surface area contributed by atoms with E-state index < -0.39 is 0 Å². The molecule has 80 valence electrons. The van der Waals surface area contributed by atoms with Gasteiger partial charge in [0, 0.05) is 6.61 Å². The van der Waals surface area contributed by atoms with Gasteiger partial charge in [-0.15, -0.1) is 0 Å². The van der Waals surface area contributed by atoms with Gasteiger partial charge in [-0.1, -0.05) is 12.2 Å². The summed E-state index contributed by atoms with van der Waals surface area (Å²) in [4.78, 5) is 0. The first kappa shape index (κ1) is 10.1. The van der Waals surface area contributed by atoms with Gasteiger partial charge in [-0.25, -0.2) is 0 Å². The molecule has 2 saturated heterocycles. The maximum atomic E-state index is 5.73. The van der Waals surface area contributed by atoms with Crippen molar-refractivity contribution in [2.75, 3.05) is 6.61 Å². The Balaban J connectivity index is 1.75. The molecule has 1 unspecified atom stereocenters. The predicted molar refractivity (Wildman–Crippen MR) is 53.0 cm³/mol. The molecule has 2 aliphatic rings. The van der Waals surface area contributed by atoms with Crippen molar-refractivity contribution in [1.82, 2.24) is 0 Å². The number of hydrogen-bond acceptors (Lipinski definition) is 3. The predicted octanol–water partition coefficient (Wildman–Crippen LogP) is 1.87. The number of rotatable bonds is 5. The molecule has 0 spiro atoms. The molecule has 2 rings (SSSR count). The molecule has 0 amide bonds. The second-order valence-electron chi connectivity index (χ2n) is 3.71. The molecular weight excluding hydrogens is 180 g/mol. The third-order valence-electron chi connectivity index (χ3n) is 2.69. The molecule has 3 nitrogen and oxygen atoms in total. The van der Waals surface area contributed by atoms with Crippen LogP contribution in [0, 0.1) is 0 Å². The van der Waals surface area contributed by atoms with Crippen LogP contribution in [0.1, 0.15) is 26.7 Å². The minimum atomic E-state index is -0.111. The van der Waals surface area contributed by atoms with Crippen LogP contribution in [0.3, 0.4) is 0 Å². The lowest BCUT2D eigenvalue weighted by Gasteiger charge is -2.16. The average Bonchev–Trinajstić information content (AvgIpc) is 2.89. The van der Waals surface area contributed by atoms with E-state index in [1.807, 2.05) is 13.8 Å². The van der Waals surface area contributed by atoms with E-state index in [4.69, 9.17) is 14.2 Å². The Hall–Kier alpha value is -0.380. The lowest BCUT2D eigenvalue weighted by atomic mass is 10.1. The Bertz CT molecular complexity index is 215. The highest BCUT2D eigenvalue weighted by atomic mass is 16.8. The smallest absolute Gasteiger partial charge is 0.186 e. The van der Waals surface area contributed by atoms with E-state index in [0.717, 1.165) is 12.8 Å². The van der Waals surface area contributed by atoms with E-state index >= 15 is 0 Å². The van der Waals surface area contributed by atoms with Gasteiger partial charge in [0.2, 0.25) is 0 Å². The van der Waals surface area contributed by atoms with E-state index in [2.05, 4.69) is 12.2 Å². The van der Waals surface area contributed by atoms with Crippen LogP contribution in [0.4, 0.5) is 0 Å². The van der Waals surface area contributed by atoms with Crippen LogP contribution in [-0.2, 0) is 14.2 Å². The first-order valence-electron chi connectivity index (χ1n) is 5.40. The van der Waals surface area contributed by atoms with Crippen molar-refractivity contribution in [3.8, 4) is 0 Å². The molecule has 0 N–H and O–H groups in total. The lowest BCUT2D eigenvalue weighted by Crippen LogP contribution is -2.22. The summed E-state index contributed by atoms with van der Waals surface area (Å²) in [6.07, 6.45) is 6.98. The van der Waals surface area contributed by atoms with E-state index in [0.29, 0.717) is 12.7 Å². The summed E-state index contributed by atoms with van der Waals surface area (Å²) in [5, 5.41) is 0. The standard InChI is InChI=1S/C11H18O3/c1-3-5-6-7-8-9-10(14-9)11(13-8)12-4-2/h3,5,8-11H,4,6-7H2,1-2H3/b5-3+/t8-,9-,10-,11?/m1/s1. The Morgan fingerprint density at radius 1 is 1.29 bits per heavy atom. The van der Waals surface area contributed by atoms with Crippen molar-refractivity contribution in [3.63, 3.8) is 0 Å². The van der Waals surface area contributed by atoms with Gasteiger partial charge in [0.15, 0.2) is 6.29 Å². The van der Waals surface area contributed by atoms with Crippen molar-refractivity contribution in [2.24, 2.45) is 0 Å². The van der Waals surface area contributed by atoms with Crippen LogP contribution >= 0.6 is 0 Å². The number of hydrogen-bond donors (Lipinski definition) is 0. The number of ether oxygens (including phenoxy) is 3. The first-order valence-corrected chi connectivity index (χ1v) is 5.40. The second kappa shape index (κ2) is 4.43. The zero-order valence-corrected chi connectivity index (χ0v) is 8.81. The molecule has 0 aromatic carbocycles. The zero-order valence-electron chi connectivity index (χ0n) is 8.81. The van der Waals surface area contributed by atoms with Crippen molar-refractivity contribution in [3.05, 3.63) is 12.2 Å². The minimum absolute atomic E-state index is 0.111. The molecule has 0 aromatic rings. The summed E-state index contributed by atoms with van der Waals surface area (Å²) in [6, 6.07) is 0. The third-order valence-corrected chi connectivity index (χ3v) is 2.69. The van der Waals surface area contributed by atoms with Crippen LogP contribution in [0.25, 0.3) is 0 Å². The van der Waals surface area contributed by atoms with Gasteiger partial charge in [0.25, 0.3) is 0 Å². The monoisotopic (exact) mass is 198 g/mol. The number of allylic oxidation sites excluding steroid dienone is 2. The molecule has 4 atom stereocenters. The molecule has 3 heteroatoms. The Morgan fingerprint density at radius 3 is 2.86 bits per heavy atom. The maximum absolute atomic E-state index is 5.73. The highest BCUT2D eigenvalue weighted by Crippen LogP contribution is 2.41. The fraction of sp³-hybridized carbons (Fsp3) is 0.818. The summed E-state index contributed by atoms with van der Waals surface area (Å²) in [7, 11) is 0. The Labute approximate surface area is 85.0 Å². The largest absolute Gasteiger partial charge is 0.361 e. The molecule has 2 heterocycles. The molecule has 2 fully saturated rings. The summed E-state index contributed by atoms with van der Waals surface area (Å²) in [6.45, 7) is 4.71. The lowest BCUT2D eigenvalue weighted by molar-refractivity contribution is -0.171. The van der Waals surface area contributed by atoms with Gasteiger partial charge >= 0.3 is 0 Å². The van der Waals surface area contributed by atoms with Crippen molar-refractivity contribution in [1.29, 1.82) is 0 Å². The highest BCUT2D eigenvalue weighted by Gasteiger charge is 2.58. The van der Waals surface area contributed by atoms with Crippen molar-refractivity contribution >= 4 is 0 Å². The van der Waals surface area contributed by atoms with Crippen LogP contribution in [-0.4, -0.2) is 31.2 Å². The molecule has 2 aliphatic heterocycles. The SMILES string of the molecule is C/C=C/CC[C@H]1OC(OCC)[C@@H]2O[C@H]12. The van der Waals surface area contributed by atoms with E-state index in [1.165, 1.54) is 0 Å². The van der Waals surface area contributed by atoms with Gasteiger partial charge in [0.1, 0.15) is 12.2 Å². The number of epoxide rings is 1. The summed E-state index contributed by atoms with van der Waals surface area (Å²) in [5.74, 6) is 0. The van der Waals surface area contributed by atoms with Gasteiger partial charge < -0.3 is 14.2 Å². The van der Waals surface area contributed by atoms with Crippen molar-refractivity contribution < 1.29 is 14.2 Å². The molecule has 0 bridgehead atoms. The molecule has 0 saturated carbocycles. The fourth-order valence-corrected chi connectivity index (χ4v) is 1.94. The van der Waals surface area contributed by atoms with Gasteiger partial charge in [-0.3, -0.25) is 0 Å². The van der Waals surface area contributed by atoms with Crippen LogP contribution in [0.5, 0.6) is 0 Å². The van der Waals surface area contributed by atoms with Gasteiger partial charge in [-0.2, -0.15) is 0 Å². The maximum Gasteiger partial charge on any atom is 0.186 e. The molecular formula is C11H18O3. The number of fused-ring (bicyclic) bond motifs is 1. The fourth-order valence-electron chi connectivity index (χ4n) is 1.94. The highest BCUT2D eigenvalue weighted by molar-refractivity contribution is 5.00. The molecule has 0 aliphatic carbocycles. The van der Waals surface area contributed by atoms with Gasteiger partial charge in [-0.05, 0) is 26.7 Å². The quantitative estimate of drug-likeness (QED) is 0.499. The minimum Gasteiger partial charge on any atom is -0.361 e. The van der Waals surface area contributed by atoms with Crippen LogP contribution in [0.2, 0.25) is 0 Å². The van der Waals surface area contributed by atoms with Crippen LogP contribution < -0.4 is 0 Å². The zero-order chi connectivity index (χ0) is 9.97.